The monoisotopic (exact) mass is 234 g/mol. The van der Waals surface area contributed by atoms with Gasteiger partial charge in [0, 0.05) is 31.2 Å². The summed E-state index contributed by atoms with van der Waals surface area (Å²) >= 11 is 0. The van der Waals surface area contributed by atoms with Gasteiger partial charge in [-0.25, -0.2) is 4.98 Å². The van der Waals surface area contributed by atoms with Crippen molar-refractivity contribution in [2.75, 3.05) is 18.1 Å². The Kier molecular flexibility index (Phi) is 3.43. The summed E-state index contributed by atoms with van der Waals surface area (Å²) in [5.41, 5.74) is 2.00. The van der Waals surface area contributed by atoms with Gasteiger partial charge < -0.3 is 5.11 Å². The molecule has 0 saturated carbocycles. The van der Waals surface area contributed by atoms with Crippen LogP contribution in [0.2, 0.25) is 0 Å². The summed E-state index contributed by atoms with van der Waals surface area (Å²) in [7, 11) is 0. The van der Waals surface area contributed by atoms with Gasteiger partial charge in [-0.05, 0) is 25.0 Å². The molecule has 0 radical (unpaired) electrons. The van der Waals surface area contributed by atoms with Crippen LogP contribution >= 0.6 is 0 Å². The summed E-state index contributed by atoms with van der Waals surface area (Å²) in [6, 6.07) is 3.99. The molecule has 1 saturated heterocycles. The first-order valence-electron chi connectivity index (χ1n) is 6.03. The Morgan fingerprint density at radius 3 is 2.88 bits per heavy atom. The predicted molar refractivity (Wildman–Crippen MR) is 65.9 cm³/mol. The first-order valence-corrected chi connectivity index (χ1v) is 6.03. The number of anilines is 1. The van der Waals surface area contributed by atoms with Crippen LogP contribution < -0.4 is 4.90 Å². The van der Waals surface area contributed by atoms with Crippen molar-refractivity contribution in [3.63, 3.8) is 0 Å². The molecule has 1 aliphatic heterocycles. The summed E-state index contributed by atoms with van der Waals surface area (Å²) < 4.78 is 0. The van der Waals surface area contributed by atoms with Gasteiger partial charge in [0.05, 0.1) is 0 Å². The normalized spacial score (nSPS) is 20.1. The lowest BCUT2D eigenvalue weighted by molar-refractivity contribution is -0.117. The molecule has 1 aromatic rings. The van der Waals surface area contributed by atoms with Crippen LogP contribution in [0, 0.1) is 12.8 Å². The smallest absolute Gasteiger partial charge is 0.228 e. The molecule has 1 unspecified atom stereocenters. The maximum atomic E-state index is 11.9. The highest BCUT2D eigenvalue weighted by Crippen LogP contribution is 2.26. The molecule has 0 spiro atoms. The van der Waals surface area contributed by atoms with Crippen LogP contribution in [-0.2, 0) is 11.2 Å². The minimum Gasteiger partial charge on any atom is -0.396 e. The third kappa shape index (κ3) is 2.31. The molecule has 0 bridgehead atoms. The molecule has 1 fully saturated rings. The molecule has 1 atom stereocenters. The fourth-order valence-electron chi connectivity index (χ4n) is 2.19. The molecular weight excluding hydrogens is 216 g/mol. The summed E-state index contributed by atoms with van der Waals surface area (Å²) in [4.78, 5) is 18.1. The summed E-state index contributed by atoms with van der Waals surface area (Å²) in [5.74, 6) is 0.889. The number of aryl methyl sites for hydroxylation is 2. The Morgan fingerprint density at radius 2 is 2.29 bits per heavy atom. The number of pyridine rings is 1. The molecule has 0 aliphatic carbocycles. The molecule has 1 aliphatic rings. The number of aliphatic hydroxyl groups excluding tert-OH is 1. The summed E-state index contributed by atoms with van der Waals surface area (Å²) in [6.07, 6.45) is 1.28. The number of rotatable bonds is 3. The molecule has 92 valence electrons. The van der Waals surface area contributed by atoms with Crippen molar-refractivity contribution in [3.05, 3.63) is 23.4 Å². The molecular formula is C13H18N2O2. The Balaban J connectivity index is 2.33. The van der Waals surface area contributed by atoms with E-state index in [1.165, 1.54) is 0 Å². The van der Waals surface area contributed by atoms with Gasteiger partial charge in [-0.1, -0.05) is 13.0 Å². The second kappa shape index (κ2) is 4.84. The fourth-order valence-corrected chi connectivity index (χ4v) is 2.19. The molecule has 1 amide bonds. The SMILES string of the molecule is CCc1ccc(C)nc1N1CC(CO)CC1=O. The third-order valence-electron chi connectivity index (χ3n) is 3.20. The van der Waals surface area contributed by atoms with E-state index < -0.39 is 0 Å². The molecule has 2 heterocycles. The van der Waals surface area contributed by atoms with E-state index in [1.807, 2.05) is 19.1 Å². The highest BCUT2D eigenvalue weighted by Gasteiger charge is 2.31. The minimum atomic E-state index is 0.0505. The van der Waals surface area contributed by atoms with Crippen LogP contribution in [0.1, 0.15) is 24.6 Å². The van der Waals surface area contributed by atoms with E-state index in [-0.39, 0.29) is 18.4 Å². The van der Waals surface area contributed by atoms with Crippen molar-refractivity contribution in [2.45, 2.75) is 26.7 Å². The zero-order valence-electron chi connectivity index (χ0n) is 10.3. The van der Waals surface area contributed by atoms with Crippen molar-refractivity contribution in [2.24, 2.45) is 5.92 Å². The van der Waals surface area contributed by atoms with Crippen molar-refractivity contribution >= 4 is 11.7 Å². The number of carbonyl (C=O) groups excluding carboxylic acids is 1. The van der Waals surface area contributed by atoms with Crippen LogP contribution in [0.25, 0.3) is 0 Å². The Labute approximate surface area is 101 Å². The molecule has 1 aromatic heterocycles. The summed E-state index contributed by atoms with van der Waals surface area (Å²) in [5, 5.41) is 9.13. The zero-order chi connectivity index (χ0) is 12.4. The highest BCUT2D eigenvalue weighted by atomic mass is 16.3. The lowest BCUT2D eigenvalue weighted by atomic mass is 10.1. The second-order valence-electron chi connectivity index (χ2n) is 4.55. The first kappa shape index (κ1) is 12.0. The van der Waals surface area contributed by atoms with Crippen molar-refractivity contribution < 1.29 is 9.90 Å². The van der Waals surface area contributed by atoms with Crippen LogP contribution in [0.4, 0.5) is 5.82 Å². The van der Waals surface area contributed by atoms with Crippen molar-refractivity contribution in [1.82, 2.24) is 4.98 Å². The van der Waals surface area contributed by atoms with Crippen LogP contribution in [0.15, 0.2) is 12.1 Å². The van der Waals surface area contributed by atoms with E-state index in [0.29, 0.717) is 13.0 Å². The molecule has 2 rings (SSSR count). The van der Waals surface area contributed by atoms with Crippen molar-refractivity contribution in [3.8, 4) is 0 Å². The van der Waals surface area contributed by atoms with Gasteiger partial charge in [-0.3, -0.25) is 9.69 Å². The van der Waals surface area contributed by atoms with Crippen LogP contribution in [0.5, 0.6) is 0 Å². The van der Waals surface area contributed by atoms with E-state index in [0.717, 1.165) is 23.5 Å². The summed E-state index contributed by atoms with van der Waals surface area (Å²) in [6.45, 7) is 4.63. The van der Waals surface area contributed by atoms with Gasteiger partial charge in [-0.15, -0.1) is 0 Å². The van der Waals surface area contributed by atoms with E-state index in [1.54, 1.807) is 4.90 Å². The number of hydrogen-bond donors (Lipinski definition) is 1. The zero-order valence-corrected chi connectivity index (χ0v) is 10.3. The second-order valence-corrected chi connectivity index (χ2v) is 4.55. The Hall–Kier alpha value is -1.42. The van der Waals surface area contributed by atoms with Crippen LogP contribution in [-0.4, -0.2) is 29.1 Å². The van der Waals surface area contributed by atoms with E-state index >= 15 is 0 Å². The Morgan fingerprint density at radius 1 is 1.53 bits per heavy atom. The van der Waals surface area contributed by atoms with Gasteiger partial charge >= 0.3 is 0 Å². The Bertz CT molecular complexity index is 431. The lowest BCUT2D eigenvalue weighted by Gasteiger charge is -2.19. The van der Waals surface area contributed by atoms with Gasteiger partial charge in [0.2, 0.25) is 5.91 Å². The van der Waals surface area contributed by atoms with Gasteiger partial charge in [-0.2, -0.15) is 0 Å². The average molecular weight is 234 g/mol. The number of aromatic nitrogens is 1. The molecule has 0 aromatic carbocycles. The largest absolute Gasteiger partial charge is 0.396 e. The number of nitrogens with zero attached hydrogens (tertiary/aromatic N) is 2. The van der Waals surface area contributed by atoms with Gasteiger partial charge in [0.25, 0.3) is 0 Å². The average Bonchev–Trinajstić information content (AvgIpc) is 2.70. The molecule has 17 heavy (non-hydrogen) atoms. The maximum Gasteiger partial charge on any atom is 0.228 e. The fraction of sp³-hybridized carbons (Fsp3) is 0.538. The lowest BCUT2D eigenvalue weighted by Crippen LogP contribution is -2.27. The van der Waals surface area contributed by atoms with E-state index in [2.05, 4.69) is 11.9 Å². The standard InChI is InChI=1S/C13H18N2O2/c1-3-11-5-4-9(2)14-13(11)15-7-10(8-16)6-12(15)17/h4-5,10,16H,3,6-8H2,1-2H3. The minimum absolute atomic E-state index is 0.0505. The number of amides is 1. The number of hydrogen-bond acceptors (Lipinski definition) is 3. The van der Waals surface area contributed by atoms with Gasteiger partial charge in [0.1, 0.15) is 5.82 Å². The first-order chi connectivity index (χ1) is 8.15. The topological polar surface area (TPSA) is 53.4 Å². The number of aliphatic hydroxyl groups is 1. The highest BCUT2D eigenvalue weighted by molar-refractivity contribution is 5.95. The quantitative estimate of drug-likeness (QED) is 0.857. The number of carbonyl (C=O) groups is 1. The third-order valence-corrected chi connectivity index (χ3v) is 3.20. The van der Waals surface area contributed by atoms with E-state index in [9.17, 15) is 4.79 Å². The van der Waals surface area contributed by atoms with Gasteiger partial charge in [0.15, 0.2) is 0 Å². The van der Waals surface area contributed by atoms with Crippen LogP contribution in [0.3, 0.4) is 0 Å². The van der Waals surface area contributed by atoms with E-state index in [4.69, 9.17) is 5.11 Å². The predicted octanol–water partition coefficient (Wildman–Crippen LogP) is 1.30. The molecule has 4 heteroatoms. The van der Waals surface area contributed by atoms with Crippen molar-refractivity contribution in [1.29, 1.82) is 0 Å². The maximum absolute atomic E-state index is 11.9. The molecule has 4 nitrogen and oxygen atoms in total. The molecule has 1 N–H and O–H groups in total.